The summed E-state index contributed by atoms with van der Waals surface area (Å²) in [4.78, 5) is 11.5. The normalized spacial score (nSPS) is 17.0. The summed E-state index contributed by atoms with van der Waals surface area (Å²) >= 11 is 0. The zero-order valence-electron chi connectivity index (χ0n) is 15.8. The van der Waals surface area contributed by atoms with E-state index in [4.69, 9.17) is 0 Å². The lowest BCUT2D eigenvalue weighted by atomic mass is 9.94. The number of hydrazone groups is 1. The van der Waals surface area contributed by atoms with E-state index in [1.54, 1.807) is 12.1 Å². The monoisotopic (exact) mass is 401 g/mol. The Labute approximate surface area is 164 Å². The molecule has 2 aromatic rings. The van der Waals surface area contributed by atoms with Gasteiger partial charge in [-0.15, -0.1) is 0 Å². The van der Waals surface area contributed by atoms with Crippen LogP contribution in [0.5, 0.6) is 5.75 Å². The second kappa shape index (κ2) is 8.02. The SMILES string of the molecule is CCCN(c1ccc(C2=NNC(=O)CC2C)cc1)S(=O)(=O)c1ccc(O)cc1. The Hall–Kier alpha value is -2.87. The predicted molar refractivity (Wildman–Crippen MR) is 108 cm³/mol. The van der Waals surface area contributed by atoms with Crippen LogP contribution in [0, 0.1) is 5.92 Å². The van der Waals surface area contributed by atoms with E-state index >= 15 is 0 Å². The highest BCUT2D eigenvalue weighted by Crippen LogP contribution is 2.26. The van der Waals surface area contributed by atoms with Gasteiger partial charge in [0.25, 0.3) is 10.0 Å². The first-order valence-electron chi connectivity index (χ1n) is 9.11. The molecule has 0 aliphatic carbocycles. The molecular weight excluding hydrogens is 378 g/mol. The van der Waals surface area contributed by atoms with Crippen molar-refractivity contribution in [3.05, 3.63) is 54.1 Å². The molecular formula is C20H23N3O4S. The van der Waals surface area contributed by atoms with Crippen molar-refractivity contribution >= 4 is 27.3 Å². The second-order valence-corrected chi connectivity index (χ2v) is 8.62. The quantitative estimate of drug-likeness (QED) is 0.777. The summed E-state index contributed by atoms with van der Waals surface area (Å²) in [5.74, 6) is -0.103. The fraction of sp³-hybridized carbons (Fsp3) is 0.300. The number of nitrogens with one attached hydrogen (secondary N) is 1. The summed E-state index contributed by atoms with van der Waals surface area (Å²) in [7, 11) is -3.75. The minimum absolute atomic E-state index is 0.00734. The maximum Gasteiger partial charge on any atom is 0.264 e. The van der Waals surface area contributed by atoms with Crippen LogP contribution in [0.25, 0.3) is 0 Å². The molecule has 0 fully saturated rings. The van der Waals surface area contributed by atoms with E-state index in [0.29, 0.717) is 25.1 Å². The molecule has 8 heteroatoms. The molecule has 0 saturated carbocycles. The highest BCUT2D eigenvalue weighted by atomic mass is 32.2. The van der Waals surface area contributed by atoms with Gasteiger partial charge < -0.3 is 5.11 Å². The van der Waals surface area contributed by atoms with Crippen molar-refractivity contribution in [2.24, 2.45) is 11.0 Å². The lowest BCUT2D eigenvalue weighted by molar-refractivity contribution is -0.121. The van der Waals surface area contributed by atoms with Crippen LogP contribution in [0.1, 0.15) is 32.3 Å². The van der Waals surface area contributed by atoms with Crippen molar-refractivity contribution in [1.29, 1.82) is 0 Å². The third-order valence-electron chi connectivity index (χ3n) is 4.56. The number of sulfonamides is 1. The average Bonchev–Trinajstić information content (AvgIpc) is 2.67. The molecule has 148 valence electrons. The Morgan fingerprint density at radius 1 is 1.14 bits per heavy atom. The Balaban J connectivity index is 1.93. The topological polar surface area (TPSA) is 99.1 Å². The third kappa shape index (κ3) is 4.01. The Morgan fingerprint density at radius 3 is 2.36 bits per heavy atom. The lowest BCUT2D eigenvalue weighted by Gasteiger charge is -2.25. The van der Waals surface area contributed by atoms with Crippen molar-refractivity contribution in [2.75, 3.05) is 10.8 Å². The van der Waals surface area contributed by atoms with Gasteiger partial charge in [0.1, 0.15) is 5.75 Å². The van der Waals surface area contributed by atoms with E-state index in [0.717, 1.165) is 11.3 Å². The van der Waals surface area contributed by atoms with Crippen LogP contribution in [0.2, 0.25) is 0 Å². The smallest absolute Gasteiger partial charge is 0.264 e. The molecule has 1 aliphatic rings. The fourth-order valence-electron chi connectivity index (χ4n) is 3.14. The molecule has 0 saturated heterocycles. The van der Waals surface area contributed by atoms with Gasteiger partial charge in [0.05, 0.1) is 16.3 Å². The minimum atomic E-state index is -3.75. The largest absolute Gasteiger partial charge is 0.508 e. The summed E-state index contributed by atoms with van der Waals surface area (Å²) in [5, 5.41) is 13.6. The van der Waals surface area contributed by atoms with Gasteiger partial charge in [0.2, 0.25) is 5.91 Å². The molecule has 3 rings (SSSR count). The summed E-state index contributed by atoms with van der Waals surface area (Å²) < 4.78 is 27.5. The summed E-state index contributed by atoms with van der Waals surface area (Å²) in [6.45, 7) is 4.18. The molecule has 1 heterocycles. The third-order valence-corrected chi connectivity index (χ3v) is 6.40. The van der Waals surface area contributed by atoms with Crippen LogP contribution in [0.4, 0.5) is 5.69 Å². The minimum Gasteiger partial charge on any atom is -0.508 e. The number of carbonyl (C=O) groups is 1. The van der Waals surface area contributed by atoms with Gasteiger partial charge in [0, 0.05) is 18.9 Å². The van der Waals surface area contributed by atoms with Crippen molar-refractivity contribution in [2.45, 2.75) is 31.6 Å². The van der Waals surface area contributed by atoms with Gasteiger partial charge in [-0.25, -0.2) is 13.8 Å². The number of hydrogen-bond acceptors (Lipinski definition) is 5. The summed E-state index contributed by atoms with van der Waals surface area (Å²) in [6, 6.07) is 12.6. The van der Waals surface area contributed by atoms with Crippen molar-refractivity contribution in [3.8, 4) is 5.75 Å². The zero-order chi connectivity index (χ0) is 20.3. The van der Waals surface area contributed by atoms with E-state index in [1.165, 1.54) is 28.6 Å². The number of rotatable bonds is 6. The van der Waals surface area contributed by atoms with Crippen molar-refractivity contribution in [1.82, 2.24) is 5.43 Å². The van der Waals surface area contributed by atoms with E-state index in [-0.39, 0.29) is 22.5 Å². The zero-order valence-corrected chi connectivity index (χ0v) is 16.6. The molecule has 0 aromatic heterocycles. The van der Waals surface area contributed by atoms with Crippen LogP contribution in [-0.2, 0) is 14.8 Å². The molecule has 0 bridgehead atoms. The van der Waals surface area contributed by atoms with Crippen LogP contribution in [-0.4, -0.2) is 31.7 Å². The van der Waals surface area contributed by atoms with Gasteiger partial charge in [0.15, 0.2) is 0 Å². The number of carbonyl (C=O) groups excluding carboxylic acids is 1. The first-order valence-corrected chi connectivity index (χ1v) is 10.6. The van der Waals surface area contributed by atoms with Crippen LogP contribution >= 0.6 is 0 Å². The van der Waals surface area contributed by atoms with Gasteiger partial charge in [-0.2, -0.15) is 5.10 Å². The van der Waals surface area contributed by atoms with Gasteiger partial charge in [-0.3, -0.25) is 9.10 Å². The van der Waals surface area contributed by atoms with Crippen LogP contribution < -0.4 is 9.73 Å². The second-order valence-electron chi connectivity index (χ2n) is 6.76. The molecule has 2 aromatic carbocycles. The fourth-order valence-corrected chi connectivity index (χ4v) is 4.69. The van der Waals surface area contributed by atoms with E-state index < -0.39 is 10.0 Å². The molecule has 1 unspecified atom stereocenters. The molecule has 2 N–H and O–H groups in total. The van der Waals surface area contributed by atoms with Gasteiger partial charge >= 0.3 is 0 Å². The number of anilines is 1. The van der Waals surface area contributed by atoms with Gasteiger partial charge in [-0.1, -0.05) is 26.0 Å². The van der Waals surface area contributed by atoms with E-state index in [9.17, 15) is 18.3 Å². The molecule has 1 amide bonds. The Bertz CT molecular complexity index is 983. The number of nitrogens with zero attached hydrogens (tertiary/aromatic N) is 2. The lowest BCUT2D eigenvalue weighted by Crippen LogP contribution is -2.32. The molecule has 0 spiro atoms. The maximum atomic E-state index is 13.1. The molecule has 7 nitrogen and oxygen atoms in total. The summed E-state index contributed by atoms with van der Waals surface area (Å²) in [6.07, 6.45) is 1.02. The first kappa shape index (κ1) is 19.9. The number of aromatic hydroxyl groups is 1. The highest BCUT2D eigenvalue weighted by molar-refractivity contribution is 7.92. The van der Waals surface area contributed by atoms with Gasteiger partial charge in [-0.05, 0) is 48.4 Å². The average molecular weight is 401 g/mol. The molecule has 1 atom stereocenters. The highest BCUT2D eigenvalue weighted by Gasteiger charge is 2.25. The number of hydrogen-bond donors (Lipinski definition) is 2. The Kier molecular flexibility index (Phi) is 5.69. The van der Waals surface area contributed by atoms with Crippen molar-refractivity contribution in [3.63, 3.8) is 0 Å². The number of phenolic OH excluding ortho intramolecular Hbond substituents is 1. The van der Waals surface area contributed by atoms with Crippen LogP contribution in [0.3, 0.4) is 0 Å². The number of phenols is 1. The van der Waals surface area contributed by atoms with Crippen molar-refractivity contribution < 1.29 is 18.3 Å². The maximum absolute atomic E-state index is 13.1. The predicted octanol–water partition coefficient (Wildman–Crippen LogP) is 2.86. The number of amides is 1. The number of benzene rings is 2. The molecule has 0 radical (unpaired) electrons. The summed E-state index contributed by atoms with van der Waals surface area (Å²) in [5.41, 5.74) is 4.65. The standard InChI is InChI=1S/C20H23N3O4S/c1-3-12-23(28(26,27)18-10-8-17(24)9-11-18)16-6-4-15(5-7-16)20-14(2)13-19(25)21-22-20/h4-11,14,24H,3,12-13H2,1-2H3,(H,21,25). The van der Waals surface area contributed by atoms with E-state index in [1.807, 2.05) is 26.0 Å². The van der Waals surface area contributed by atoms with Crippen LogP contribution in [0.15, 0.2) is 58.5 Å². The Morgan fingerprint density at radius 2 is 1.79 bits per heavy atom. The molecule has 1 aliphatic heterocycles. The molecule has 28 heavy (non-hydrogen) atoms. The first-order chi connectivity index (χ1) is 13.3. The van der Waals surface area contributed by atoms with E-state index in [2.05, 4.69) is 10.5 Å².